The quantitative estimate of drug-likeness (QED) is 0.828. The molecule has 2 rings (SSSR count). The largest absolute Gasteiger partial charge is 0.446 e. The van der Waals surface area contributed by atoms with Gasteiger partial charge in [-0.1, -0.05) is 0 Å². The molecule has 0 saturated carbocycles. The summed E-state index contributed by atoms with van der Waals surface area (Å²) in [5.41, 5.74) is -3.79. The average Bonchev–Trinajstić information content (AvgIpc) is 2.40. The van der Waals surface area contributed by atoms with Crippen molar-refractivity contribution in [3.8, 4) is 0 Å². The van der Waals surface area contributed by atoms with Crippen LogP contribution in [-0.2, 0) is 4.79 Å². The molecule has 3 nitrogen and oxygen atoms in total. The molecule has 0 radical (unpaired) electrons. The molecule has 1 aromatic rings. The summed E-state index contributed by atoms with van der Waals surface area (Å²) in [5.74, 6) is 1.82. The van der Waals surface area contributed by atoms with Gasteiger partial charge in [0.2, 0.25) is 5.91 Å². The fraction of sp³-hybridized carbons (Fsp3) is 0.462. The highest BCUT2D eigenvalue weighted by Crippen LogP contribution is 2.37. The SMILES string of the molecule is O=C(CC1CSCCN1)Nc1ccc(SC(F)(F)F)cc1. The lowest BCUT2D eigenvalue weighted by atomic mass is 10.2. The summed E-state index contributed by atoms with van der Waals surface area (Å²) in [4.78, 5) is 12.0. The second-order valence-corrected chi connectivity index (χ2v) is 6.84. The predicted molar refractivity (Wildman–Crippen MR) is 80.7 cm³/mol. The zero-order valence-electron chi connectivity index (χ0n) is 11.1. The molecule has 1 aliphatic rings. The van der Waals surface area contributed by atoms with Crippen molar-refractivity contribution < 1.29 is 18.0 Å². The third kappa shape index (κ3) is 6.19. The summed E-state index contributed by atoms with van der Waals surface area (Å²) >= 11 is 1.64. The first-order valence-corrected chi connectivity index (χ1v) is 8.36. The maximum Gasteiger partial charge on any atom is 0.446 e. The third-order valence-corrected chi connectivity index (χ3v) is 4.67. The number of rotatable bonds is 4. The van der Waals surface area contributed by atoms with Gasteiger partial charge in [0.15, 0.2) is 0 Å². The number of carbonyl (C=O) groups excluding carboxylic acids is 1. The van der Waals surface area contributed by atoms with Gasteiger partial charge < -0.3 is 10.6 Å². The molecule has 0 bridgehead atoms. The Labute approximate surface area is 129 Å². The number of halogens is 3. The second kappa shape index (κ2) is 7.42. The Morgan fingerprint density at radius 1 is 1.38 bits per heavy atom. The summed E-state index contributed by atoms with van der Waals surface area (Å²) in [6, 6.07) is 5.82. The standard InChI is InChI=1S/C13H15F3N2OS2/c14-13(15,16)21-11-3-1-9(2-4-11)18-12(19)7-10-8-20-6-5-17-10/h1-4,10,17H,5-8H2,(H,18,19). The molecule has 1 saturated heterocycles. The molecular weight excluding hydrogens is 321 g/mol. The summed E-state index contributed by atoms with van der Waals surface area (Å²) < 4.78 is 36.6. The van der Waals surface area contributed by atoms with Crippen LogP contribution in [0.3, 0.4) is 0 Å². The minimum atomic E-state index is -4.30. The van der Waals surface area contributed by atoms with Gasteiger partial charge in [0.1, 0.15) is 0 Å². The number of carbonyl (C=O) groups is 1. The number of alkyl halides is 3. The van der Waals surface area contributed by atoms with E-state index in [0.717, 1.165) is 18.1 Å². The fourth-order valence-corrected chi connectivity index (χ4v) is 3.42. The minimum absolute atomic E-state index is 0.103. The van der Waals surface area contributed by atoms with Crippen molar-refractivity contribution in [1.82, 2.24) is 5.32 Å². The van der Waals surface area contributed by atoms with Gasteiger partial charge in [-0.2, -0.15) is 24.9 Å². The molecule has 8 heteroatoms. The van der Waals surface area contributed by atoms with Crippen molar-refractivity contribution in [3.05, 3.63) is 24.3 Å². The van der Waals surface area contributed by atoms with Crippen molar-refractivity contribution in [1.29, 1.82) is 0 Å². The summed E-state index contributed by atoms with van der Waals surface area (Å²) in [7, 11) is 0. The van der Waals surface area contributed by atoms with Crippen LogP contribution in [0.25, 0.3) is 0 Å². The molecular formula is C13H15F3N2OS2. The van der Waals surface area contributed by atoms with Crippen LogP contribution < -0.4 is 10.6 Å². The van der Waals surface area contributed by atoms with E-state index in [4.69, 9.17) is 0 Å². The molecule has 1 fully saturated rings. The van der Waals surface area contributed by atoms with Crippen molar-refractivity contribution in [2.45, 2.75) is 22.9 Å². The molecule has 1 unspecified atom stereocenters. The van der Waals surface area contributed by atoms with Crippen LogP contribution in [0.2, 0.25) is 0 Å². The van der Waals surface area contributed by atoms with Gasteiger partial charge >= 0.3 is 5.51 Å². The third-order valence-electron chi connectivity index (χ3n) is 2.80. The van der Waals surface area contributed by atoms with Crippen LogP contribution in [0.5, 0.6) is 0 Å². The van der Waals surface area contributed by atoms with Crippen molar-refractivity contribution >= 4 is 35.1 Å². The number of anilines is 1. The summed E-state index contributed by atoms with van der Waals surface area (Å²) in [6.45, 7) is 0.895. The molecule has 2 N–H and O–H groups in total. The molecule has 0 aromatic heterocycles. The van der Waals surface area contributed by atoms with Crippen LogP contribution in [0.4, 0.5) is 18.9 Å². The van der Waals surface area contributed by atoms with Gasteiger partial charge in [0, 0.05) is 41.1 Å². The van der Waals surface area contributed by atoms with Crippen molar-refractivity contribution in [3.63, 3.8) is 0 Å². The van der Waals surface area contributed by atoms with E-state index in [2.05, 4.69) is 10.6 Å². The number of benzene rings is 1. The van der Waals surface area contributed by atoms with E-state index < -0.39 is 5.51 Å². The number of hydrogen-bond donors (Lipinski definition) is 2. The van der Waals surface area contributed by atoms with Crippen LogP contribution in [0, 0.1) is 0 Å². The Hall–Kier alpha value is -0.860. The first-order chi connectivity index (χ1) is 9.92. The van der Waals surface area contributed by atoms with Crippen molar-refractivity contribution in [2.75, 3.05) is 23.4 Å². The van der Waals surface area contributed by atoms with Crippen molar-refractivity contribution in [2.24, 2.45) is 0 Å². The van der Waals surface area contributed by atoms with E-state index in [9.17, 15) is 18.0 Å². The van der Waals surface area contributed by atoms with E-state index in [1.54, 1.807) is 11.8 Å². The Kier molecular flexibility index (Phi) is 5.83. The highest BCUT2D eigenvalue weighted by Gasteiger charge is 2.29. The zero-order valence-corrected chi connectivity index (χ0v) is 12.7. The van der Waals surface area contributed by atoms with E-state index in [0.29, 0.717) is 12.1 Å². The van der Waals surface area contributed by atoms with Crippen LogP contribution in [0.1, 0.15) is 6.42 Å². The maximum absolute atomic E-state index is 12.2. The molecule has 0 aliphatic carbocycles. The Morgan fingerprint density at radius 3 is 2.67 bits per heavy atom. The molecule has 1 aromatic carbocycles. The minimum Gasteiger partial charge on any atom is -0.326 e. The van der Waals surface area contributed by atoms with Crippen LogP contribution in [0.15, 0.2) is 29.2 Å². The van der Waals surface area contributed by atoms with Crippen LogP contribution >= 0.6 is 23.5 Å². The van der Waals surface area contributed by atoms with Gasteiger partial charge in [-0.15, -0.1) is 0 Å². The first kappa shape index (κ1) is 16.5. The fourth-order valence-electron chi connectivity index (χ4n) is 1.93. The number of hydrogen-bond acceptors (Lipinski definition) is 4. The highest BCUT2D eigenvalue weighted by molar-refractivity contribution is 8.00. The summed E-state index contributed by atoms with van der Waals surface area (Å²) in [6.07, 6.45) is 0.367. The average molecular weight is 336 g/mol. The molecule has 1 heterocycles. The lowest BCUT2D eigenvalue weighted by Crippen LogP contribution is -2.39. The monoisotopic (exact) mass is 336 g/mol. The Bertz CT molecular complexity index is 473. The lowest BCUT2D eigenvalue weighted by Gasteiger charge is -2.22. The van der Waals surface area contributed by atoms with Gasteiger partial charge in [0.25, 0.3) is 0 Å². The second-order valence-electron chi connectivity index (χ2n) is 4.55. The molecule has 116 valence electrons. The van der Waals surface area contributed by atoms with Gasteiger partial charge in [-0.05, 0) is 36.0 Å². The van der Waals surface area contributed by atoms with Crippen LogP contribution in [-0.4, -0.2) is 35.5 Å². The first-order valence-electron chi connectivity index (χ1n) is 6.39. The molecule has 0 spiro atoms. The Morgan fingerprint density at radius 2 is 2.10 bits per heavy atom. The van der Waals surface area contributed by atoms with E-state index >= 15 is 0 Å². The molecule has 1 aliphatic heterocycles. The number of amides is 1. The van der Waals surface area contributed by atoms with Gasteiger partial charge in [-0.3, -0.25) is 4.79 Å². The lowest BCUT2D eigenvalue weighted by molar-refractivity contribution is -0.116. The normalized spacial score (nSPS) is 19.3. The Balaban J connectivity index is 1.83. The van der Waals surface area contributed by atoms with Gasteiger partial charge in [0.05, 0.1) is 0 Å². The van der Waals surface area contributed by atoms with E-state index in [-0.39, 0.29) is 28.6 Å². The molecule has 21 heavy (non-hydrogen) atoms. The smallest absolute Gasteiger partial charge is 0.326 e. The van der Waals surface area contributed by atoms with Gasteiger partial charge in [-0.25, -0.2) is 0 Å². The molecule has 1 amide bonds. The molecule has 1 atom stereocenters. The number of nitrogens with one attached hydrogen (secondary N) is 2. The highest BCUT2D eigenvalue weighted by atomic mass is 32.2. The topological polar surface area (TPSA) is 41.1 Å². The van der Waals surface area contributed by atoms with E-state index in [1.165, 1.54) is 24.3 Å². The predicted octanol–water partition coefficient (Wildman–Crippen LogP) is 3.33. The zero-order chi connectivity index (χ0) is 15.3. The number of thioether (sulfide) groups is 2. The summed E-state index contributed by atoms with van der Waals surface area (Å²) in [5, 5.41) is 5.96. The van der Waals surface area contributed by atoms with E-state index in [1.807, 2.05) is 0 Å². The maximum atomic E-state index is 12.2.